The monoisotopic (exact) mass is 328 g/mol. The largest absolute Gasteiger partial charge is 0.490 e. The van der Waals surface area contributed by atoms with Crippen LogP contribution in [-0.2, 0) is 11.3 Å². The third-order valence-corrected chi connectivity index (χ3v) is 4.94. The van der Waals surface area contributed by atoms with Crippen molar-refractivity contribution in [1.82, 2.24) is 10.2 Å². The van der Waals surface area contributed by atoms with Crippen molar-refractivity contribution in [2.75, 3.05) is 20.1 Å². The number of hydrogen-bond acceptors (Lipinski definition) is 3. The molecule has 1 aromatic rings. The molecule has 0 unspecified atom stereocenters. The molecule has 0 bridgehead atoms. The van der Waals surface area contributed by atoms with Crippen molar-refractivity contribution in [1.29, 1.82) is 0 Å². The lowest BCUT2D eigenvalue weighted by Crippen LogP contribution is -2.35. The van der Waals surface area contributed by atoms with E-state index in [0.29, 0.717) is 25.0 Å². The number of allylic oxidation sites excluding steroid dienone is 2. The highest BCUT2D eigenvalue weighted by atomic mass is 16.5. The molecule has 0 radical (unpaired) electrons. The number of amides is 1. The summed E-state index contributed by atoms with van der Waals surface area (Å²) in [6.45, 7) is 2.79. The van der Waals surface area contributed by atoms with E-state index in [2.05, 4.69) is 29.4 Å². The Morgan fingerprint density at radius 2 is 1.96 bits per heavy atom. The molecule has 0 spiro atoms. The fourth-order valence-corrected chi connectivity index (χ4v) is 3.36. The van der Waals surface area contributed by atoms with Gasteiger partial charge in [0.25, 0.3) is 0 Å². The second-order valence-electron chi connectivity index (χ2n) is 7.01. The summed E-state index contributed by atoms with van der Waals surface area (Å²) in [7, 11) is 2.16. The lowest BCUT2D eigenvalue weighted by molar-refractivity contribution is -0.121. The maximum absolute atomic E-state index is 12.0. The second-order valence-corrected chi connectivity index (χ2v) is 7.01. The number of likely N-dealkylation sites (tertiary alicyclic amines) is 1. The molecular weight excluding hydrogens is 300 g/mol. The number of hydrogen-bond donors (Lipinski definition) is 1. The van der Waals surface area contributed by atoms with Crippen molar-refractivity contribution in [3.05, 3.63) is 42.0 Å². The van der Waals surface area contributed by atoms with Gasteiger partial charge < -0.3 is 15.0 Å². The van der Waals surface area contributed by atoms with Crippen molar-refractivity contribution < 1.29 is 9.53 Å². The van der Waals surface area contributed by atoms with Gasteiger partial charge in [0, 0.05) is 26.1 Å². The summed E-state index contributed by atoms with van der Waals surface area (Å²) < 4.78 is 6.05. The number of carbonyl (C=O) groups excluding carboxylic acids is 1. The summed E-state index contributed by atoms with van der Waals surface area (Å²) in [6.07, 6.45) is 9.65. The van der Waals surface area contributed by atoms with Crippen molar-refractivity contribution in [2.45, 2.75) is 44.8 Å². The molecule has 1 heterocycles. The Bertz CT molecular complexity index is 560. The molecule has 1 atom stereocenters. The number of ether oxygens (including phenoxy) is 1. The normalized spacial score (nSPS) is 21.8. The fourth-order valence-electron chi connectivity index (χ4n) is 3.36. The minimum Gasteiger partial charge on any atom is -0.490 e. The number of piperidine rings is 1. The van der Waals surface area contributed by atoms with Gasteiger partial charge in [-0.3, -0.25) is 4.79 Å². The third-order valence-electron chi connectivity index (χ3n) is 4.94. The molecule has 1 saturated heterocycles. The number of carbonyl (C=O) groups is 1. The van der Waals surface area contributed by atoms with Crippen molar-refractivity contribution in [3.8, 4) is 5.75 Å². The molecule has 130 valence electrons. The summed E-state index contributed by atoms with van der Waals surface area (Å²) in [5.74, 6) is 1.49. The van der Waals surface area contributed by atoms with Crippen LogP contribution in [0.2, 0.25) is 0 Å². The zero-order chi connectivity index (χ0) is 16.8. The van der Waals surface area contributed by atoms with Gasteiger partial charge in [-0.05, 0) is 56.3 Å². The number of benzene rings is 1. The minimum atomic E-state index is 0.137. The SMILES string of the molecule is CN1CCC(Oc2ccc(CNC(=O)C[C@@H]3C=CCC3)cc2)CC1. The van der Waals surface area contributed by atoms with Crippen molar-refractivity contribution >= 4 is 5.91 Å². The molecule has 1 fully saturated rings. The molecule has 1 N–H and O–H groups in total. The van der Waals surface area contributed by atoms with E-state index in [1.54, 1.807) is 0 Å². The third kappa shape index (κ3) is 5.10. The molecule has 0 saturated carbocycles. The van der Waals surface area contributed by atoms with Crippen LogP contribution < -0.4 is 10.1 Å². The quantitative estimate of drug-likeness (QED) is 0.816. The predicted octanol–water partition coefficient (Wildman–Crippen LogP) is 3.13. The molecule has 0 aromatic heterocycles. The van der Waals surface area contributed by atoms with E-state index in [1.165, 1.54) is 0 Å². The molecule has 4 nitrogen and oxygen atoms in total. The van der Waals surface area contributed by atoms with Gasteiger partial charge in [0.2, 0.25) is 5.91 Å². The topological polar surface area (TPSA) is 41.6 Å². The van der Waals surface area contributed by atoms with Crippen molar-refractivity contribution in [2.24, 2.45) is 5.92 Å². The van der Waals surface area contributed by atoms with Gasteiger partial charge in [0.15, 0.2) is 0 Å². The predicted molar refractivity (Wildman–Crippen MR) is 95.9 cm³/mol. The van der Waals surface area contributed by atoms with E-state index >= 15 is 0 Å². The Morgan fingerprint density at radius 1 is 1.21 bits per heavy atom. The minimum absolute atomic E-state index is 0.137. The maximum Gasteiger partial charge on any atom is 0.220 e. The van der Waals surface area contributed by atoms with Crippen LogP contribution in [0.25, 0.3) is 0 Å². The highest BCUT2D eigenvalue weighted by molar-refractivity contribution is 5.76. The first-order chi connectivity index (χ1) is 11.7. The zero-order valence-electron chi connectivity index (χ0n) is 14.5. The van der Waals surface area contributed by atoms with Gasteiger partial charge in [-0.15, -0.1) is 0 Å². The Balaban J connectivity index is 1.41. The number of rotatable bonds is 6. The lowest BCUT2D eigenvalue weighted by Gasteiger charge is -2.29. The molecule has 4 heteroatoms. The van der Waals surface area contributed by atoms with E-state index in [0.717, 1.165) is 50.1 Å². The summed E-state index contributed by atoms with van der Waals surface area (Å²) >= 11 is 0. The average Bonchev–Trinajstić information content (AvgIpc) is 3.09. The first-order valence-corrected chi connectivity index (χ1v) is 9.06. The first-order valence-electron chi connectivity index (χ1n) is 9.06. The van der Waals surface area contributed by atoms with Crippen LogP contribution in [0.1, 0.15) is 37.7 Å². The molecule has 2 aliphatic rings. The molecule has 1 aliphatic heterocycles. The molecule has 1 aromatic carbocycles. The van der Waals surface area contributed by atoms with Gasteiger partial charge in [-0.1, -0.05) is 24.3 Å². The van der Waals surface area contributed by atoms with Crippen LogP contribution in [-0.4, -0.2) is 37.0 Å². The van der Waals surface area contributed by atoms with Gasteiger partial charge in [-0.2, -0.15) is 0 Å². The number of nitrogens with zero attached hydrogens (tertiary/aromatic N) is 1. The molecule has 1 aliphatic carbocycles. The van der Waals surface area contributed by atoms with Gasteiger partial charge >= 0.3 is 0 Å². The van der Waals surface area contributed by atoms with E-state index in [9.17, 15) is 4.79 Å². The second kappa shape index (κ2) is 8.34. The molecule has 1 amide bonds. The van der Waals surface area contributed by atoms with E-state index in [-0.39, 0.29) is 5.91 Å². The van der Waals surface area contributed by atoms with E-state index in [1.807, 2.05) is 24.3 Å². The zero-order valence-corrected chi connectivity index (χ0v) is 14.5. The lowest BCUT2D eigenvalue weighted by atomic mass is 10.1. The molecule has 24 heavy (non-hydrogen) atoms. The van der Waals surface area contributed by atoms with Crippen molar-refractivity contribution in [3.63, 3.8) is 0 Å². The van der Waals surface area contributed by atoms with Crippen LogP contribution in [0, 0.1) is 5.92 Å². The van der Waals surface area contributed by atoms with E-state index in [4.69, 9.17) is 4.74 Å². The summed E-state index contributed by atoms with van der Waals surface area (Å²) in [5.41, 5.74) is 1.11. The standard InChI is InChI=1S/C20H28N2O2/c1-22-12-10-19(11-13-22)24-18-8-6-17(7-9-18)15-21-20(23)14-16-4-2-3-5-16/h2,4,6-9,16,19H,3,5,10-15H2,1H3,(H,21,23)/t16-/m1/s1. The maximum atomic E-state index is 12.0. The van der Waals surface area contributed by atoms with Crippen LogP contribution in [0.5, 0.6) is 5.75 Å². The highest BCUT2D eigenvalue weighted by Gasteiger charge is 2.18. The Hall–Kier alpha value is -1.81. The number of nitrogens with one attached hydrogen (secondary N) is 1. The molecular formula is C20H28N2O2. The smallest absolute Gasteiger partial charge is 0.220 e. The summed E-state index contributed by atoms with van der Waals surface area (Å²) in [4.78, 5) is 14.3. The first kappa shape index (κ1) is 17.0. The molecule has 3 rings (SSSR count). The van der Waals surface area contributed by atoms with Gasteiger partial charge in [-0.25, -0.2) is 0 Å². The summed E-state index contributed by atoms with van der Waals surface area (Å²) in [6, 6.07) is 8.11. The average molecular weight is 328 g/mol. The Kier molecular flexibility index (Phi) is 5.91. The van der Waals surface area contributed by atoms with Crippen LogP contribution in [0.15, 0.2) is 36.4 Å². The van der Waals surface area contributed by atoms with Crippen LogP contribution >= 0.6 is 0 Å². The fraction of sp³-hybridized carbons (Fsp3) is 0.550. The summed E-state index contributed by atoms with van der Waals surface area (Å²) in [5, 5.41) is 3.01. The van der Waals surface area contributed by atoms with Gasteiger partial charge in [0.1, 0.15) is 11.9 Å². The van der Waals surface area contributed by atoms with Gasteiger partial charge in [0.05, 0.1) is 0 Å². The highest BCUT2D eigenvalue weighted by Crippen LogP contribution is 2.21. The Morgan fingerprint density at radius 3 is 2.62 bits per heavy atom. The van der Waals surface area contributed by atoms with E-state index < -0.39 is 0 Å². The van der Waals surface area contributed by atoms with Crippen LogP contribution in [0.4, 0.5) is 0 Å². The Labute approximate surface area is 144 Å². The van der Waals surface area contributed by atoms with Crippen LogP contribution in [0.3, 0.4) is 0 Å².